The van der Waals surface area contributed by atoms with E-state index in [1.54, 1.807) is 0 Å². The number of esters is 1. The van der Waals surface area contributed by atoms with Crippen molar-refractivity contribution in [2.75, 3.05) is 26.7 Å². The number of piperidine rings is 1. The van der Waals surface area contributed by atoms with Gasteiger partial charge in [0.1, 0.15) is 0 Å². The third-order valence-corrected chi connectivity index (χ3v) is 5.83. The molecule has 1 heterocycles. The molecule has 0 bridgehead atoms. The number of carbonyl (C=O) groups is 1. The molecule has 6 nitrogen and oxygen atoms in total. The molecule has 2 rings (SSSR count). The molecule has 8 heteroatoms. The monoisotopic (exact) mass is 360 g/mol. The van der Waals surface area contributed by atoms with Crippen LogP contribution in [0.25, 0.3) is 0 Å². The molecular weight excluding hydrogens is 340 g/mol. The lowest BCUT2D eigenvalue weighted by Gasteiger charge is -2.34. The van der Waals surface area contributed by atoms with Crippen LogP contribution in [0, 0.1) is 5.41 Å². The van der Waals surface area contributed by atoms with Gasteiger partial charge >= 0.3 is 5.97 Å². The molecule has 2 N–H and O–H groups in total. The Morgan fingerprint density at radius 3 is 2.65 bits per heavy atom. The highest BCUT2D eigenvalue weighted by molar-refractivity contribution is 7.89. The number of halogens is 1. The molecule has 23 heavy (non-hydrogen) atoms. The summed E-state index contributed by atoms with van der Waals surface area (Å²) in [7, 11) is -2.63. The van der Waals surface area contributed by atoms with E-state index in [1.807, 2.05) is 0 Å². The maximum atomic E-state index is 12.6. The normalized spacial score (nSPS) is 17.7. The average molecular weight is 361 g/mol. The quantitative estimate of drug-likeness (QED) is 0.782. The van der Waals surface area contributed by atoms with Gasteiger partial charge in [0, 0.05) is 11.6 Å². The lowest BCUT2D eigenvalue weighted by atomic mass is 9.81. The second-order valence-electron chi connectivity index (χ2n) is 6.02. The molecule has 0 aromatic heterocycles. The minimum Gasteiger partial charge on any atom is -0.465 e. The fourth-order valence-corrected chi connectivity index (χ4v) is 4.11. The molecular formula is C15H21ClN2O4S. The Morgan fingerprint density at radius 1 is 1.39 bits per heavy atom. The zero-order chi connectivity index (χ0) is 17.1. The van der Waals surface area contributed by atoms with Crippen molar-refractivity contribution >= 4 is 27.6 Å². The van der Waals surface area contributed by atoms with E-state index in [2.05, 4.69) is 21.7 Å². The van der Waals surface area contributed by atoms with Gasteiger partial charge in [0.2, 0.25) is 10.0 Å². The summed E-state index contributed by atoms with van der Waals surface area (Å²) in [6.45, 7) is 4.11. The number of rotatable bonds is 5. The van der Waals surface area contributed by atoms with Crippen molar-refractivity contribution < 1.29 is 17.9 Å². The van der Waals surface area contributed by atoms with Crippen molar-refractivity contribution in [1.29, 1.82) is 0 Å². The Balaban J connectivity index is 2.24. The average Bonchev–Trinajstić information content (AvgIpc) is 2.53. The van der Waals surface area contributed by atoms with Crippen molar-refractivity contribution in [3.63, 3.8) is 0 Å². The van der Waals surface area contributed by atoms with Crippen LogP contribution in [0.2, 0.25) is 5.02 Å². The first-order chi connectivity index (χ1) is 10.8. The van der Waals surface area contributed by atoms with Crippen LogP contribution in [0.5, 0.6) is 0 Å². The van der Waals surface area contributed by atoms with E-state index >= 15 is 0 Å². The van der Waals surface area contributed by atoms with Gasteiger partial charge in [-0.25, -0.2) is 17.9 Å². The van der Waals surface area contributed by atoms with Crippen LogP contribution in [-0.4, -0.2) is 41.1 Å². The Bertz CT molecular complexity index is 685. The fourth-order valence-electron chi connectivity index (χ4n) is 2.56. The first-order valence-corrected chi connectivity index (χ1v) is 9.22. The summed E-state index contributed by atoms with van der Waals surface area (Å²) in [4.78, 5) is 11.7. The minimum atomic E-state index is -3.83. The molecule has 1 fully saturated rings. The highest BCUT2D eigenvalue weighted by atomic mass is 35.5. The van der Waals surface area contributed by atoms with Gasteiger partial charge in [-0.05, 0) is 49.5 Å². The largest absolute Gasteiger partial charge is 0.465 e. The van der Waals surface area contributed by atoms with Crippen LogP contribution in [0.3, 0.4) is 0 Å². The molecule has 1 aliphatic heterocycles. The molecule has 0 saturated carbocycles. The maximum Gasteiger partial charge on any atom is 0.339 e. The van der Waals surface area contributed by atoms with E-state index in [9.17, 15) is 13.2 Å². The first-order valence-electron chi connectivity index (χ1n) is 7.36. The van der Waals surface area contributed by atoms with Gasteiger partial charge in [0.15, 0.2) is 0 Å². The molecule has 1 aromatic carbocycles. The second-order valence-corrected chi connectivity index (χ2v) is 8.19. The molecule has 0 amide bonds. The van der Waals surface area contributed by atoms with Crippen molar-refractivity contribution in [2.45, 2.75) is 24.7 Å². The Labute approximate surface area is 141 Å². The van der Waals surface area contributed by atoms with Crippen LogP contribution < -0.4 is 10.0 Å². The van der Waals surface area contributed by atoms with Crippen LogP contribution in [-0.2, 0) is 14.8 Å². The van der Waals surface area contributed by atoms with E-state index in [1.165, 1.54) is 25.3 Å². The molecule has 0 aliphatic carbocycles. The number of benzene rings is 1. The number of nitrogens with one attached hydrogen (secondary N) is 2. The molecule has 1 aromatic rings. The van der Waals surface area contributed by atoms with Crippen LogP contribution in [0.4, 0.5) is 0 Å². The second kappa shape index (κ2) is 7.17. The van der Waals surface area contributed by atoms with Crippen molar-refractivity contribution in [3.8, 4) is 0 Å². The molecule has 0 radical (unpaired) electrons. The predicted octanol–water partition coefficient (Wildman–Crippen LogP) is 1.79. The van der Waals surface area contributed by atoms with Gasteiger partial charge in [-0.3, -0.25) is 0 Å². The number of hydrogen-bond acceptors (Lipinski definition) is 5. The number of hydrogen-bond donors (Lipinski definition) is 2. The molecule has 1 saturated heterocycles. The third kappa shape index (κ3) is 4.44. The highest BCUT2D eigenvalue weighted by Crippen LogP contribution is 2.28. The van der Waals surface area contributed by atoms with E-state index in [0.29, 0.717) is 6.54 Å². The van der Waals surface area contributed by atoms with Crippen LogP contribution >= 0.6 is 11.6 Å². The molecule has 0 atom stereocenters. The number of ether oxygens (including phenoxy) is 1. The summed E-state index contributed by atoms with van der Waals surface area (Å²) < 4.78 is 32.4. The van der Waals surface area contributed by atoms with Gasteiger partial charge in [-0.1, -0.05) is 18.5 Å². The SMILES string of the molecule is COC(=O)c1cc(Cl)ccc1S(=O)(=O)NCC1(C)CCNCC1. The minimum absolute atomic E-state index is 0.0667. The zero-order valence-corrected chi connectivity index (χ0v) is 14.8. The summed E-state index contributed by atoms with van der Waals surface area (Å²) in [5.41, 5.74) is -0.168. The predicted molar refractivity (Wildman–Crippen MR) is 88.2 cm³/mol. The van der Waals surface area contributed by atoms with E-state index in [0.717, 1.165) is 25.9 Å². The van der Waals surface area contributed by atoms with Crippen LogP contribution in [0.15, 0.2) is 23.1 Å². The Hall–Kier alpha value is -1.15. The first kappa shape index (κ1) is 18.2. The van der Waals surface area contributed by atoms with Gasteiger partial charge < -0.3 is 10.1 Å². The smallest absolute Gasteiger partial charge is 0.339 e. The van der Waals surface area contributed by atoms with E-state index in [-0.39, 0.29) is 20.9 Å². The maximum absolute atomic E-state index is 12.6. The van der Waals surface area contributed by atoms with Gasteiger partial charge in [0.05, 0.1) is 17.6 Å². The summed E-state index contributed by atoms with van der Waals surface area (Å²) in [5, 5.41) is 3.53. The topological polar surface area (TPSA) is 84.5 Å². The summed E-state index contributed by atoms with van der Waals surface area (Å²) in [5.74, 6) is -0.735. The Kier molecular flexibility index (Phi) is 5.67. The Morgan fingerprint density at radius 2 is 2.04 bits per heavy atom. The summed E-state index contributed by atoms with van der Waals surface area (Å²) >= 11 is 5.86. The standard InChI is InChI=1S/C15H21ClN2O4S/c1-15(5-7-17-8-6-15)10-18-23(20,21)13-4-3-11(16)9-12(13)14(19)22-2/h3-4,9,17-18H,5-8,10H2,1-2H3. The van der Waals surface area contributed by atoms with Crippen LogP contribution in [0.1, 0.15) is 30.1 Å². The summed E-state index contributed by atoms with van der Waals surface area (Å²) in [6, 6.07) is 4.06. The van der Waals surface area contributed by atoms with Gasteiger partial charge in [-0.15, -0.1) is 0 Å². The van der Waals surface area contributed by atoms with Gasteiger partial charge in [0.25, 0.3) is 0 Å². The zero-order valence-electron chi connectivity index (χ0n) is 13.2. The van der Waals surface area contributed by atoms with Crippen molar-refractivity contribution in [2.24, 2.45) is 5.41 Å². The van der Waals surface area contributed by atoms with Crippen molar-refractivity contribution in [1.82, 2.24) is 10.0 Å². The van der Waals surface area contributed by atoms with Gasteiger partial charge in [-0.2, -0.15) is 0 Å². The molecule has 0 unspecified atom stereocenters. The van der Waals surface area contributed by atoms with Crippen molar-refractivity contribution in [3.05, 3.63) is 28.8 Å². The lowest BCUT2D eigenvalue weighted by molar-refractivity contribution is 0.0596. The number of sulfonamides is 1. The molecule has 0 spiro atoms. The molecule has 1 aliphatic rings. The van der Waals surface area contributed by atoms with E-state index < -0.39 is 16.0 Å². The number of methoxy groups -OCH3 is 1. The number of carbonyl (C=O) groups excluding carboxylic acids is 1. The van der Waals surface area contributed by atoms with E-state index in [4.69, 9.17) is 11.6 Å². The lowest BCUT2D eigenvalue weighted by Crippen LogP contribution is -2.43. The molecule has 128 valence electrons. The summed E-state index contributed by atoms with van der Waals surface area (Å²) in [6.07, 6.45) is 1.78. The fraction of sp³-hybridized carbons (Fsp3) is 0.533. The highest BCUT2D eigenvalue weighted by Gasteiger charge is 2.30. The third-order valence-electron chi connectivity index (χ3n) is 4.14.